The maximum Gasteiger partial charge on any atom is 0.504 e. The van der Waals surface area contributed by atoms with Gasteiger partial charge in [0.25, 0.3) is 19.7 Å². The summed E-state index contributed by atoms with van der Waals surface area (Å²) in [5.74, 6) is 0.892. The van der Waals surface area contributed by atoms with Gasteiger partial charge in [-0.15, -0.1) is 4.79 Å². The van der Waals surface area contributed by atoms with Crippen LogP contribution in [-0.2, 0) is 32.5 Å². The topological polar surface area (TPSA) is 142 Å². The van der Waals surface area contributed by atoms with Crippen LogP contribution in [0.5, 0.6) is 23.0 Å². The number of ether oxygens (including phenoxy) is 4. The Morgan fingerprint density at radius 1 is 0.439 bits per heavy atom. The van der Waals surface area contributed by atoms with E-state index < -0.39 is 33.8 Å². The second-order valence-corrected chi connectivity index (χ2v) is 18.9. The largest absolute Gasteiger partial charge is 0.504 e. The first-order chi connectivity index (χ1) is 27.6. The van der Waals surface area contributed by atoms with Gasteiger partial charge in [0, 0.05) is 12.1 Å². The zero-order valence-electron chi connectivity index (χ0n) is 36.2. The molecule has 0 saturated carbocycles. The van der Waals surface area contributed by atoms with Gasteiger partial charge in [-0.1, -0.05) is 144 Å². The summed E-state index contributed by atoms with van der Waals surface area (Å²) in [5.41, 5.74) is 11.5. The van der Waals surface area contributed by atoms with Gasteiger partial charge in [0.2, 0.25) is 0 Å². The van der Waals surface area contributed by atoms with Crippen LogP contribution in [0.2, 0.25) is 0 Å². The highest BCUT2D eigenvalue weighted by molar-refractivity contribution is 8.31. The van der Waals surface area contributed by atoms with Crippen LogP contribution in [0.15, 0.2) is 34.1 Å². The molecule has 0 heterocycles. The molecule has 0 aliphatic carbocycles. The second kappa shape index (κ2) is 28.4. The highest BCUT2D eigenvalue weighted by Gasteiger charge is 2.47. The fraction of sp³-hybridized carbons (Fsp3) is 0.711. The quantitative estimate of drug-likeness (QED) is 0.0233. The van der Waals surface area contributed by atoms with Gasteiger partial charge in [0.15, 0.2) is 0 Å². The molecule has 57 heavy (non-hydrogen) atoms. The molecule has 0 unspecified atom stereocenters. The van der Waals surface area contributed by atoms with Crippen LogP contribution in [-0.4, -0.2) is 52.4 Å². The number of hydrogen-bond donors (Lipinski definition) is 0. The van der Waals surface area contributed by atoms with Gasteiger partial charge in [-0.2, -0.15) is 0 Å². The van der Waals surface area contributed by atoms with Crippen LogP contribution in [0.1, 0.15) is 181 Å². The van der Waals surface area contributed by atoms with Crippen LogP contribution in [0.25, 0.3) is 5.53 Å². The average molecular weight is 835 g/mol. The van der Waals surface area contributed by atoms with Gasteiger partial charge in [-0.05, 0) is 61.8 Å². The van der Waals surface area contributed by atoms with Gasteiger partial charge in [0.1, 0.15) is 32.8 Å². The monoisotopic (exact) mass is 834 g/mol. The number of aryl methyl sites for hydroxylation is 2. The van der Waals surface area contributed by atoms with E-state index in [4.69, 9.17) is 18.9 Å². The summed E-state index contributed by atoms with van der Waals surface area (Å²) >= 11 is 0. The predicted molar refractivity (Wildman–Crippen MR) is 232 cm³/mol. The standard InChI is InChI=1S/C45H74N2O8S2/c1-7-13-17-21-25-29-52-39-35-41(54-31-27-23-19-15-9-3)43(33-37(39)11-5)56(48,49)45(47-46)57(50,51)44-34-38(12-6)40(53-30-26-22-18-14-8-2)36-42(44)55-32-28-24-20-16-10-4/h33-36H,7-32H2,1-6H3. The first kappa shape index (κ1) is 50.1. The Bertz CT molecular complexity index is 1600. The number of unbranched alkanes of at least 4 members (excludes halogenated alkanes) is 16. The highest BCUT2D eigenvalue weighted by Crippen LogP contribution is 2.39. The molecule has 0 N–H and O–H groups in total. The zero-order chi connectivity index (χ0) is 41.9. The van der Waals surface area contributed by atoms with E-state index in [0.717, 1.165) is 116 Å². The Balaban J connectivity index is 2.62. The molecule has 0 amide bonds. The molecule has 0 saturated heterocycles. The minimum atomic E-state index is -4.99. The van der Waals surface area contributed by atoms with E-state index in [1.165, 1.54) is 12.1 Å². The lowest BCUT2D eigenvalue weighted by Gasteiger charge is -2.18. The van der Waals surface area contributed by atoms with Crippen LogP contribution in [0.3, 0.4) is 0 Å². The molecule has 0 atom stereocenters. The highest BCUT2D eigenvalue weighted by atomic mass is 32.3. The van der Waals surface area contributed by atoms with Crippen molar-refractivity contribution in [2.75, 3.05) is 26.4 Å². The minimum Gasteiger partial charge on any atom is -0.493 e. The predicted octanol–water partition coefficient (Wildman–Crippen LogP) is 12.0. The van der Waals surface area contributed by atoms with Gasteiger partial charge < -0.3 is 24.5 Å². The Morgan fingerprint density at radius 3 is 0.982 bits per heavy atom. The lowest BCUT2D eigenvalue weighted by atomic mass is 10.1. The number of nitrogens with zero attached hydrogens (tertiary/aromatic N) is 2. The Labute approximate surface area is 346 Å². The molecule has 0 radical (unpaired) electrons. The SMILES string of the molecule is CCCCCCCOc1cc(OCCCCCCC)c(S(=O)(=O)C(=[N+]=[N-])S(=O)(=O)c2cc(CC)c(OCCCCCCC)cc2OCCCCCCC)cc1CC. The second-order valence-electron chi connectivity index (χ2n) is 14.9. The first-order valence-electron chi connectivity index (χ1n) is 22.1. The van der Waals surface area contributed by atoms with Gasteiger partial charge in [-0.25, -0.2) is 16.8 Å². The smallest absolute Gasteiger partial charge is 0.493 e. The molecule has 324 valence electrons. The molecule has 2 rings (SSSR count). The van der Waals surface area contributed by atoms with Crippen LogP contribution in [0, 0.1) is 0 Å². The maximum absolute atomic E-state index is 14.6. The molecule has 0 aliphatic heterocycles. The summed E-state index contributed by atoms with van der Waals surface area (Å²) in [6.07, 6.45) is 21.0. The lowest BCUT2D eigenvalue weighted by molar-refractivity contribution is 0.00377. The Hall–Kier alpha value is -3.08. The number of hydrogen-bond acceptors (Lipinski definition) is 8. The van der Waals surface area contributed by atoms with E-state index in [1.807, 2.05) is 13.8 Å². The molecule has 0 aliphatic rings. The van der Waals surface area contributed by atoms with Crippen molar-refractivity contribution in [3.05, 3.63) is 40.9 Å². The van der Waals surface area contributed by atoms with E-state index in [0.29, 0.717) is 61.5 Å². The summed E-state index contributed by atoms with van der Waals surface area (Å²) in [5, 5.41) is 0. The number of sulfone groups is 2. The minimum absolute atomic E-state index is 0.0412. The molecule has 0 aromatic heterocycles. The Morgan fingerprint density at radius 2 is 0.719 bits per heavy atom. The molecule has 0 spiro atoms. The van der Waals surface area contributed by atoms with E-state index >= 15 is 0 Å². The summed E-state index contributed by atoms with van der Waals surface area (Å²) in [6.45, 7) is 13.7. The third-order valence-electron chi connectivity index (χ3n) is 10.2. The third kappa shape index (κ3) is 16.6. The van der Waals surface area contributed by atoms with E-state index in [-0.39, 0.29) is 24.7 Å². The molecular weight excluding hydrogens is 761 g/mol. The normalized spacial score (nSPS) is 11.7. The molecule has 10 nitrogen and oxygen atoms in total. The van der Waals surface area contributed by atoms with Crippen LogP contribution >= 0.6 is 0 Å². The Kier molecular flexibility index (Phi) is 24.9. The van der Waals surface area contributed by atoms with Crippen molar-refractivity contribution in [2.24, 2.45) is 0 Å². The summed E-state index contributed by atoms with van der Waals surface area (Å²) in [4.78, 5) is 2.24. The maximum atomic E-state index is 14.6. The molecule has 2 aromatic carbocycles. The van der Waals surface area contributed by atoms with Gasteiger partial charge >= 0.3 is 4.38 Å². The third-order valence-corrected chi connectivity index (χ3v) is 14.4. The zero-order valence-corrected chi connectivity index (χ0v) is 37.8. The van der Waals surface area contributed by atoms with Crippen molar-refractivity contribution in [1.82, 2.24) is 0 Å². The van der Waals surface area contributed by atoms with E-state index in [2.05, 4.69) is 32.5 Å². The van der Waals surface area contributed by atoms with E-state index in [9.17, 15) is 22.4 Å². The summed E-state index contributed by atoms with van der Waals surface area (Å²) in [7, 11) is -9.97. The molecule has 0 bridgehead atoms. The fourth-order valence-electron chi connectivity index (χ4n) is 6.62. The first-order valence-corrected chi connectivity index (χ1v) is 25.1. The molecular formula is C45H74N2O8S2. The number of rotatable bonds is 32. The summed E-state index contributed by atoms with van der Waals surface area (Å²) < 4.78 is 81.6. The average Bonchev–Trinajstić information content (AvgIpc) is 3.19. The summed E-state index contributed by atoms with van der Waals surface area (Å²) in [6, 6.07) is 5.89. The van der Waals surface area contributed by atoms with Crippen LogP contribution < -0.4 is 18.9 Å². The lowest BCUT2D eigenvalue weighted by Crippen LogP contribution is -2.27. The number of benzene rings is 2. The van der Waals surface area contributed by atoms with Gasteiger partial charge in [0.05, 0.1) is 26.4 Å². The van der Waals surface area contributed by atoms with Crippen molar-refractivity contribution < 1.29 is 40.6 Å². The molecule has 0 fully saturated rings. The van der Waals surface area contributed by atoms with Crippen LogP contribution in [0.4, 0.5) is 0 Å². The molecule has 2 aromatic rings. The van der Waals surface area contributed by atoms with Crippen molar-refractivity contribution in [1.29, 1.82) is 0 Å². The van der Waals surface area contributed by atoms with Gasteiger partial charge in [-0.3, -0.25) is 0 Å². The van der Waals surface area contributed by atoms with Crippen molar-refractivity contribution in [3.8, 4) is 23.0 Å². The van der Waals surface area contributed by atoms with Crippen molar-refractivity contribution in [2.45, 2.75) is 193 Å². The van der Waals surface area contributed by atoms with E-state index in [1.54, 1.807) is 12.1 Å². The van der Waals surface area contributed by atoms with Crippen molar-refractivity contribution in [3.63, 3.8) is 0 Å². The van der Waals surface area contributed by atoms with Crippen molar-refractivity contribution >= 4 is 24.1 Å². The fourth-order valence-corrected chi connectivity index (χ4v) is 10.3. The molecule has 12 heteroatoms.